The van der Waals surface area contributed by atoms with Crippen LogP contribution in [0.15, 0.2) is 24.3 Å². The van der Waals surface area contributed by atoms with Crippen molar-refractivity contribution in [3.05, 3.63) is 29.8 Å². The number of esters is 1. The molecule has 3 N–H and O–H groups in total. The second kappa shape index (κ2) is 11.0. The molecule has 0 unspecified atom stereocenters. The lowest BCUT2D eigenvalue weighted by atomic mass is 9.85. The Hall–Kier alpha value is -3.10. The number of hydrogen-bond acceptors (Lipinski definition) is 7. The Kier molecular flexibility index (Phi) is 8.08. The minimum absolute atomic E-state index is 0.00119. The molecule has 1 aliphatic carbocycles. The fourth-order valence-electron chi connectivity index (χ4n) is 4.42. The van der Waals surface area contributed by atoms with Crippen molar-refractivity contribution in [2.45, 2.75) is 44.6 Å². The maximum absolute atomic E-state index is 12.7. The van der Waals surface area contributed by atoms with Crippen molar-refractivity contribution in [1.82, 2.24) is 10.6 Å². The number of nitrogens with zero attached hydrogens (tertiary/aromatic N) is 1. The highest BCUT2D eigenvalue weighted by atomic mass is 16.5. The van der Waals surface area contributed by atoms with Crippen LogP contribution in [-0.2, 0) is 19.1 Å². The molecule has 0 spiro atoms. The average Bonchev–Trinajstić information content (AvgIpc) is 2.84. The highest BCUT2D eigenvalue weighted by Crippen LogP contribution is 2.27. The number of nitrogens with one attached hydrogen (secondary N) is 3. The van der Waals surface area contributed by atoms with Crippen LogP contribution in [0.3, 0.4) is 0 Å². The van der Waals surface area contributed by atoms with Gasteiger partial charge in [-0.1, -0.05) is 0 Å². The molecule has 0 atom stereocenters. The Morgan fingerprint density at radius 3 is 2.09 bits per heavy atom. The number of carbonyl (C=O) groups excluding carboxylic acids is 3. The highest BCUT2D eigenvalue weighted by molar-refractivity contribution is 6.04. The van der Waals surface area contributed by atoms with Crippen LogP contribution in [0.4, 0.5) is 10.5 Å². The van der Waals surface area contributed by atoms with E-state index in [-0.39, 0.29) is 35.6 Å². The van der Waals surface area contributed by atoms with Gasteiger partial charge in [-0.3, -0.25) is 20.3 Å². The molecule has 1 aromatic carbocycles. The topological polar surface area (TPSA) is 121 Å². The number of amides is 2. The molecule has 1 aromatic rings. The van der Waals surface area contributed by atoms with Gasteiger partial charge < -0.3 is 19.7 Å². The summed E-state index contributed by atoms with van der Waals surface area (Å²) in [6, 6.07) is 7.56. The van der Waals surface area contributed by atoms with Crippen LogP contribution in [0.2, 0.25) is 0 Å². The molecule has 1 heterocycles. The number of hydrogen-bond donors (Lipinski definition) is 3. The van der Waals surface area contributed by atoms with Crippen LogP contribution < -0.4 is 15.5 Å². The van der Waals surface area contributed by atoms with E-state index in [1.807, 2.05) is 12.1 Å². The number of rotatable bonds is 5. The molecule has 2 amide bonds. The normalized spacial score (nSPS) is 21.4. The largest absolute Gasteiger partial charge is 0.469 e. The highest BCUT2D eigenvalue weighted by Gasteiger charge is 2.30. The van der Waals surface area contributed by atoms with E-state index in [1.54, 1.807) is 12.1 Å². The molecule has 1 aliphatic heterocycles. The van der Waals surface area contributed by atoms with Crippen LogP contribution in [0.5, 0.6) is 0 Å². The van der Waals surface area contributed by atoms with Crippen molar-refractivity contribution < 1.29 is 23.9 Å². The van der Waals surface area contributed by atoms with Gasteiger partial charge in [0.25, 0.3) is 0 Å². The smallest absolute Gasteiger partial charge is 0.412 e. The number of carbonyl (C=O) groups is 3. The third-order valence-corrected chi connectivity index (χ3v) is 6.41. The first kappa shape index (κ1) is 23.6. The van der Waals surface area contributed by atoms with Crippen LogP contribution in [0.25, 0.3) is 0 Å². The summed E-state index contributed by atoms with van der Waals surface area (Å²) in [6.07, 6.45) is 4.05. The molecular formula is C23H32N4O5. The zero-order valence-electron chi connectivity index (χ0n) is 18.7. The number of alkyl carbamates (subject to hydrolysis) is 1. The Labute approximate surface area is 188 Å². The molecule has 174 valence electrons. The van der Waals surface area contributed by atoms with E-state index in [1.165, 1.54) is 14.2 Å². The van der Waals surface area contributed by atoms with E-state index < -0.39 is 6.09 Å². The van der Waals surface area contributed by atoms with Crippen molar-refractivity contribution >= 4 is 29.5 Å². The standard InChI is InChI=1S/C23H32N4O5/c1-31-22(29)17-3-7-18(8-4-17)25-21(28)16-11-13-27(14-12-16)19-9-5-15(6-10-19)20(24)26-23(30)32-2/h5-6,9-10,16-18H,3-4,7-8,11-14H2,1-2H3,(H,25,28)(H2,24,26,30)/t17-,18-. The number of benzene rings is 1. The van der Waals surface area contributed by atoms with E-state index in [9.17, 15) is 14.4 Å². The summed E-state index contributed by atoms with van der Waals surface area (Å²) in [6.45, 7) is 1.56. The predicted octanol–water partition coefficient (Wildman–Crippen LogP) is 2.43. The van der Waals surface area contributed by atoms with E-state index >= 15 is 0 Å². The molecule has 2 fully saturated rings. The predicted molar refractivity (Wildman–Crippen MR) is 120 cm³/mol. The first-order valence-electron chi connectivity index (χ1n) is 11.1. The van der Waals surface area contributed by atoms with Crippen molar-refractivity contribution in [3.63, 3.8) is 0 Å². The van der Waals surface area contributed by atoms with E-state index in [4.69, 9.17) is 10.1 Å². The fraction of sp³-hybridized carbons (Fsp3) is 0.565. The Bertz CT molecular complexity index is 825. The van der Waals surface area contributed by atoms with Crippen LogP contribution in [-0.4, -0.2) is 57.2 Å². The second-order valence-corrected chi connectivity index (χ2v) is 8.38. The number of ether oxygens (including phenoxy) is 2. The van der Waals surface area contributed by atoms with Gasteiger partial charge in [-0.05, 0) is 62.8 Å². The number of piperidine rings is 1. The van der Waals surface area contributed by atoms with Crippen molar-refractivity contribution in [1.29, 1.82) is 5.41 Å². The van der Waals surface area contributed by atoms with Crippen molar-refractivity contribution in [2.75, 3.05) is 32.2 Å². The second-order valence-electron chi connectivity index (χ2n) is 8.38. The van der Waals surface area contributed by atoms with Gasteiger partial charge >= 0.3 is 12.1 Å². The zero-order valence-corrected chi connectivity index (χ0v) is 18.7. The minimum atomic E-state index is -0.670. The summed E-state index contributed by atoms with van der Waals surface area (Å²) in [5, 5.41) is 13.4. The molecule has 3 rings (SSSR count). The first-order chi connectivity index (χ1) is 15.4. The molecule has 0 bridgehead atoms. The monoisotopic (exact) mass is 444 g/mol. The van der Waals surface area contributed by atoms with E-state index in [0.29, 0.717) is 5.56 Å². The van der Waals surface area contributed by atoms with E-state index in [2.05, 4.69) is 20.3 Å². The maximum Gasteiger partial charge on any atom is 0.412 e. The lowest BCUT2D eigenvalue weighted by Gasteiger charge is -2.34. The first-order valence-corrected chi connectivity index (χ1v) is 11.1. The SMILES string of the molecule is COC(=O)NC(=N)c1ccc(N2CCC(C(=O)N[C@H]3CC[C@H](C(=O)OC)CC3)CC2)cc1. The molecule has 9 heteroatoms. The molecule has 0 aromatic heterocycles. The van der Waals surface area contributed by atoms with Crippen molar-refractivity contribution in [2.24, 2.45) is 11.8 Å². The summed E-state index contributed by atoms with van der Waals surface area (Å²) in [4.78, 5) is 37.8. The maximum atomic E-state index is 12.7. The van der Waals surface area contributed by atoms with Crippen molar-refractivity contribution in [3.8, 4) is 0 Å². The molecule has 1 saturated carbocycles. The molecule has 1 saturated heterocycles. The van der Waals surface area contributed by atoms with Gasteiger partial charge in [-0.2, -0.15) is 0 Å². The summed E-state index contributed by atoms with van der Waals surface area (Å²) >= 11 is 0. The van der Waals surface area contributed by atoms with Gasteiger partial charge in [-0.25, -0.2) is 4.79 Å². The molecular weight excluding hydrogens is 412 g/mol. The third kappa shape index (κ3) is 5.99. The quantitative estimate of drug-likeness (QED) is 0.364. The van der Waals surface area contributed by atoms with Crippen LogP contribution in [0.1, 0.15) is 44.1 Å². The lowest BCUT2D eigenvalue weighted by molar-refractivity contribution is -0.146. The summed E-state index contributed by atoms with van der Waals surface area (Å²) in [5.41, 5.74) is 1.62. The zero-order chi connectivity index (χ0) is 23.1. The van der Waals surface area contributed by atoms with Gasteiger partial charge in [0, 0.05) is 36.3 Å². The van der Waals surface area contributed by atoms with E-state index in [0.717, 1.165) is 57.3 Å². The van der Waals surface area contributed by atoms with Gasteiger partial charge in [0.05, 0.1) is 20.1 Å². The van der Waals surface area contributed by atoms with Gasteiger partial charge in [0.1, 0.15) is 5.84 Å². The third-order valence-electron chi connectivity index (χ3n) is 6.41. The summed E-state index contributed by atoms with van der Waals surface area (Å²) in [5.74, 6) is -0.0842. The number of amidine groups is 1. The van der Waals surface area contributed by atoms with Gasteiger partial charge in [-0.15, -0.1) is 0 Å². The molecule has 2 aliphatic rings. The van der Waals surface area contributed by atoms with Gasteiger partial charge in [0.15, 0.2) is 0 Å². The summed E-state index contributed by atoms with van der Waals surface area (Å²) < 4.78 is 9.33. The fourth-order valence-corrected chi connectivity index (χ4v) is 4.42. The number of methoxy groups -OCH3 is 2. The van der Waals surface area contributed by atoms with Gasteiger partial charge in [0.2, 0.25) is 5.91 Å². The molecule has 0 radical (unpaired) electrons. The molecule has 32 heavy (non-hydrogen) atoms. The minimum Gasteiger partial charge on any atom is -0.469 e. The van der Waals surface area contributed by atoms with Crippen LogP contribution in [0, 0.1) is 17.2 Å². The number of anilines is 1. The Morgan fingerprint density at radius 2 is 1.53 bits per heavy atom. The van der Waals surface area contributed by atoms with Crippen LogP contribution >= 0.6 is 0 Å². The Morgan fingerprint density at radius 1 is 0.906 bits per heavy atom. The Balaban J connectivity index is 1.44. The average molecular weight is 445 g/mol. The lowest BCUT2D eigenvalue weighted by Crippen LogP contribution is -2.45. The molecule has 9 nitrogen and oxygen atoms in total. The summed E-state index contributed by atoms with van der Waals surface area (Å²) in [7, 11) is 2.68.